The molecule has 0 bridgehead atoms. The van der Waals surface area contributed by atoms with Gasteiger partial charge in [0, 0.05) is 50.3 Å². The summed E-state index contributed by atoms with van der Waals surface area (Å²) in [6.07, 6.45) is 5.64. The standard InChI is InChI=1S/C24H31N3O5/c28-22(25-18-2-5-20-21(14-18)32-12-11-31-20)6-1-16-7-9-26(10-8-16)24(30)17-13-23(29)27(15-17)19-3-4-19/h2,5,14,16-17,19H,1,3-4,6-13,15H2,(H,25,28). The summed E-state index contributed by atoms with van der Waals surface area (Å²) >= 11 is 0. The average Bonchev–Trinajstić information content (AvgIpc) is 3.58. The van der Waals surface area contributed by atoms with Gasteiger partial charge in [-0.1, -0.05) is 0 Å². The molecule has 8 heteroatoms. The molecular formula is C24H31N3O5. The molecule has 1 unspecified atom stereocenters. The SMILES string of the molecule is O=C(CCC1CCN(C(=O)C2CC(=O)N(C3CC3)C2)CC1)Nc1ccc2c(c1)OCCO2. The number of nitrogens with one attached hydrogen (secondary N) is 1. The Morgan fingerprint density at radius 3 is 2.53 bits per heavy atom. The Morgan fingerprint density at radius 1 is 1.03 bits per heavy atom. The second-order valence-corrected chi connectivity index (χ2v) is 9.39. The molecule has 0 radical (unpaired) electrons. The third-order valence-electron chi connectivity index (χ3n) is 7.03. The van der Waals surface area contributed by atoms with Crippen LogP contribution in [0, 0.1) is 11.8 Å². The van der Waals surface area contributed by atoms with Crippen LogP contribution in [0.25, 0.3) is 0 Å². The highest BCUT2D eigenvalue weighted by atomic mass is 16.6. The molecule has 32 heavy (non-hydrogen) atoms. The molecule has 3 heterocycles. The summed E-state index contributed by atoms with van der Waals surface area (Å²) in [5, 5.41) is 2.94. The molecular weight excluding hydrogens is 410 g/mol. The van der Waals surface area contributed by atoms with E-state index in [0.29, 0.717) is 61.7 Å². The first-order valence-corrected chi connectivity index (χ1v) is 11.8. The lowest BCUT2D eigenvalue weighted by molar-refractivity contribution is -0.137. The maximum absolute atomic E-state index is 12.9. The molecule has 0 spiro atoms. The van der Waals surface area contributed by atoms with Gasteiger partial charge in [-0.15, -0.1) is 0 Å². The number of fused-ring (bicyclic) bond motifs is 1. The average molecular weight is 442 g/mol. The fourth-order valence-corrected chi connectivity index (χ4v) is 5.02. The predicted molar refractivity (Wildman–Crippen MR) is 117 cm³/mol. The van der Waals surface area contributed by atoms with Crippen LogP contribution in [0.2, 0.25) is 0 Å². The van der Waals surface area contributed by atoms with Crippen molar-refractivity contribution >= 4 is 23.4 Å². The van der Waals surface area contributed by atoms with Gasteiger partial charge in [0.15, 0.2) is 11.5 Å². The lowest BCUT2D eigenvalue weighted by Gasteiger charge is -2.33. The summed E-state index contributed by atoms with van der Waals surface area (Å²) < 4.78 is 11.1. The number of rotatable bonds is 6. The molecule has 3 amide bonds. The van der Waals surface area contributed by atoms with Gasteiger partial charge in [-0.3, -0.25) is 14.4 Å². The van der Waals surface area contributed by atoms with E-state index in [0.717, 1.165) is 45.2 Å². The summed E-state index contributed by atoms with van der Waals surface area (Å²) in [7, 11) is 0. The summed E-state index contributed by atoms with van der Waals surface area (Å²) in [6, 6.07) is 5.83. The van der Waals surface area contributed by atoms with Crippen molar-refractivity contribution in [3.63, 3.8) is 0 Å². The molecule has 3 aliphatic heterocycles. The van der Waals surface area contributed by atoms with Crippen LogP contribution in [0.3, 0.4) is 0 Å². The highest BCUT2D eigenvalue weighted by Gasteiger charge is 2.43. The highest BCUT2D eigenvalue weighted by Crippen LogP contribution is 2.34. The third-order valence-corrected chi connectivity index (χ3v) is 7.03. The summed E-state index contributed by atoms with van der Waals surface area (Å²) in [5.74, 6) is 1.91. The maximum Gasteiger partial charge on any atom is 0.227 e. The molecule has 1 N–H and O–H groups in total. The van der Waals surface area contributed by atoms with E-state index in [1.165, 1.54) is 0 Å². The zero-order valence-corrected chi connectivity index (χ0v) is 18.4. The summed E-state index contributed by atoms with van der Waals surface area (Å²) in [5.41, 5.74) is 0.714. The molecule has 1 saturated carbocycles. The number of piperidine rings is 1. The van der Waals surface area contributed by atoms with Crippen molar-refractivity contribution in [1.82, 2.24) is 9.80 Å². The Labute approximate surface area is 188 Å². The predicted octanol–water partition coefficient (Wildman–Crippen LogP) is 2.43. The van der Waals surface area contributed by atoms with Crippen LogP contribution in [0.15, 0.2) is 18.2 Å². The number of benzene rings is 1. The quantitative estimate of drug-likeness (QED) is 0.733. The Hall–Kier alpha value is -2.77. The monoisotopic (exact) mass is 441 g/mol. The lowest BCUT2D eigenvalue weighted by Crippen LogP contribution is -2.42. The molecule has 1 aromatic rings. The van der Waals surface area contributed by atoms with Crippen molar-refractivity contribution in [2.45, 2.75) is 51.0 Å². The van der Waals surface area contributed by atoms with E-state index in [9.17, 15) is 14.4 Å². The van der Waals surface area contributed by atoms with Crippen molar-refractivity contribution in [2.24, 2.45) is 11.8 Å². The zero-order valence-electron chi connectivity index (χ0n) is 18.4. The van der Waals surface area contributed by atoms with Gasteiger partial charge in [0.05, 0.1) is 5.92 Å². The molecule has 172 valence electrons. The van der Waals surface area contributed by atoms with Crippen molar-refractivity contribution < 1.29 is 23.9 Å². The van der Waals surface area contributed by atoms with Gasteiger partial charge in [0.2, 0.25) is 17.7 Å². The first-order chi connectivity index (χ1) is 15.6. The summed E-state index contributed by atoms with van der Waals surface area (Å²) in [6.45, 7) is 3.10. The third kappa shape index (κ3) is 4.69. The van der Waals surface area contributed by atoms with Crippen molar-refractivity contribution in [2.75, 3.05) is 38.2 Å². The normalized spacial score (nSPS) is 23.4. The van der Waals surface area contributed by atoms with Crippen molar-refractivity contribution in [1.29, 1.82) is 0 Å². The minimum atomic E-state index is -0.170. The Balaban J connectivity index is 1.04. The first-order valence-electron chi connectivity index (χ1n) is 11.8. The fourth-order valence-electron chi connectivity index (χ4n) is 5.02. The second kappa shape index (κ2) is 9.00. The van der Waals surface area contributed by atoms with Crippen LogP contribution in [-0.2, 0) is 14.4 Å². The van der Waals surface area contributed by atoms with Gasteiger partial charge in [-0.2, -0.15) is 0 Å². The van der Waals surface area contributed by atoms with E-state index in [1.807, 2.05) is 21.9 Å². The lowest BCUT2D eigenvalue weighted by atomic mass is 9.91. The number of anilines is 1. The van der Waals surface area contributed by atoms with Gasteiger partial charge in [0.1, 0.15) is 13.2 Å². The van der Waals surface area contributed by atoms with E-state index in [1.54, 1.807) is 6.07 Å². The largest absolute Gasteiger partial charge is 0.486 e. The van der Waals surface area contributed by atoms with E-state index in [-0.39, 0.29) is 23.6 Å². The minimum Gasteiger partial charge on any atom is -0.486 e. The number of nitrogens with zero attached hydrogens (tertiary/aromatic N) is 2. The fraction of sp³-hybridized carbons (Fsp3) is 0.625. The molecule has 3 fully saturated rings. The van der Waals surface area contributed by atoms with Gasteiger partial charge < -0.3 is 24.6 Å². The minimum absolute atomic E-state index is 0.00943. The van der Waals surface area contributed by atoms with Gasteiger partial charge >= 0.3 is 0 Å². The molecule has 5 rings (SSSR count). The smallest absolute Gasteiger partial charge is 0.227 e. The molecule has 8 nitrogen and oxygen atoms in total. The number of amides is 3. The number of hydrogen-bond acceptors (Lipinski definition) is 5. The van der Waals surface area contributed by atoms with Crippen LogP contribution in [0.4, 0.5) is 5.69 Å². The Morgan fingerprint density at radius 2 is 1.78 bits per heavy atom. The second-order valence-electron chi connectivity index (χ2n) is 9.39. The highest BCUT2D eigenvalue weighted by molar-refractivity contribution is 5.91. The van der Waals surface area contributed by atoms with Crippen molar-refractivity contribution in [3.8, 4) is 11.5 Å². The van der Waals surface area contributed by atoms with Crippen LogP contribution >= 0.6 is 0 Å². The molecule has 1 atom stereocenters. The van der Waals surface area contributed by atoms with Crippen LogP contribution < -0.4 is 14.8 Å². The van der Waals surface area contributed by atoms with Crippen molar-refractivity contribution in [3.05, 3.63) is 18.2 Å². The summed E-state index contributed by atoms with van der Waals surface area (Å²) in [4.78, 5) is 41.3. The van der Waals surface area contributed by atoms with Crippen LogP contribution in [-0.4, -0.2) is 66.4 Å². The van der Waals surface area contributed by atoms with E-state index in [2.05, 4.69) is 5.32 Å². The molecule has 1 aliphatic carbocycles. The maximum atomic E-state index is 12.9. The van der Waals surface area contributed by atoms with Crippen LogP contribution in [0.1, 0.15) is 44.9 Å². The number of ether oxygens (including phenoxy) is 2. The van der Waals surface area contributed by atoms with E-state index in [4.69, 9.17) is 9.47 Å². The topological polar surface area (TPSA) is 88.2 Å². The Bertz CT molecular complexity index is 892. The Kier molecular flexibility index (Phi) is 5.93. The number of likely N-dealkylation sites (tertiary alicyclic amines) is 2. The number of hydrogen-bond donors (Lipinski definition) is 1. The van der Waals surface area contributed by atoms with E-state index < -0.39 is 0 Å². The van der Waals surface area contributed by atoms with Gasteiger partial charge in [0.25, 0.3) is 0 Å². The van der Waals surface area contributed by atoms with E-state index >= 15 is 0 Å². The molecule has 1 aromatic carbocycles. The van der Waals surface area contributed by atoms with Gasteiger partial charge in [-0.25, -0.2) is 0 Å². The molecule has 0 aromatic heterocycles. The number of carbonyl (C=O) groups excluding carboxylic acids is 3. The number of carbonyl (C=O) groups is 3. The molecule has 4 aliphatic rings. The van der Waals surface area contributed by atoms with Gasteiger partial charge in [-0.05, 0) is 50.2 Å². The van der Waals surface area contributed by atoms with Crippen LogP contribution in [0.5, 0.6) is 11.5 Å². The first kappa shape index (κ1) is 21.1. The zero-order chi connectivity index (χ0) is 22.1. The molecule has 2 saturated heterocycles.